The lowest BCUT2D eigenvalue weighted by atomic mass is 9.79. The van der Waals surface area contributed by atoms with Crippen molar-refractivity contribution in [1.29, 1.82) is 0 Å². The number of nitrogens with two attached hydrogens (primary N) is 1. The number of anilines is 1. The monoisotopic (exact) mass is 225 g/mol. The number of hydrogen-bond acceptors (Lipinski definition) is 3. The molecule has 0 atom stereocenters. The fourth-order valence-electron chi connectivity index (χ4n) is 2.19. The number of hydrogen-bond donors (Lipinski definition) is 1. The van der Waals surface area contributed by atoms with Crippen LogP contribution < -0.4 is 5.73 Å². The SMILES string of the molecule is Nc1ccc(-c2cccc(C3CCC3)c2)nn1. The van der Waals surface area contributed by atoms with E-state index in [0.29, 0.717) is 5.82 Å². The zero-order valence-corrected chi connectivity index (χ0v) is 9.63. The molecule has 2 N–H and O–H groups in total. The summed E-state index contributed by atoms with van der Waals surface area (Å²) in [5, 5.41) is 8.01. The molecule has 2 aromatic rings. The Morgan fingerprint density at radius 1 is 1.06 bits per heavy atom. The fraction of sp³-hybridized carbons (Fsp3) is 0.286. The minimum absolute atomic E-state index is 0.462. The molecule has 17 heavy (non-hydrogen) atoms. The average Bonchev–Trinajstić information content (AvgIpc) is 2.28. The van der Waals surface area contributed by atoms with Gasteiger partial charge in [-0.15, -0.1) is 10.2 Å². The van der Waals surface area contributed by atoms with Crippen molar-refractivity contribution in [3.63, 3.8) is 0 Å². The minimum atomic E-state index is 0.462. The topological polar surface area (TPSA) is 51.8 Å². The van der Waals surface area contributed by atoms with Crippen LogP contribution >= 0.6 is 0 Å². The molecule has 3 heteroatoms. The first-order chi connectivity index (χ1) is 8.33. The molecule has 0 amide bonds. The van der Waals surface area contributed by atoms with Gasteiger partial charge >= 0.3 is 0 Å². The van der Waals surface area contributed by atoms with Gasteiger partial charge in [0.1, 0.15) is 5.82 Å². The number of benzene rings is 1. The third kappa shape index (κ3) is 2.00. The van der Waals surface area contributed by atoms with E-state index in [2.05, 4.69) is 34.5 Å². The second-order valence-corrected chi connectivity index (χ2v) is 4.60. The Balaban J connectivity index is 1.94. The van der Waals surface area contributed by atoms with E-state index in [0.717, 1.165) is 17.2 Å². The standard InChI is InChI=1S/C14H15N3/c15-14-8-7-13(16-17-14)12-6-2-5-11(9-12)10-3-1-4-10/h2,5-10H,1,3-4H2,(H2,15,17). The lowest BCUT2D eigenvalue weighted by Gasteiger charge is -2.26. The second-order valence-electron chi connectivity index (χ2n) is 4.60. The number of nitrogen functional groups attached to an aromatic ring is 1. The molecule has 1 aromatic heterocycles. The van der Waals surface area contributed by atoms with Crippen LogP contribution in [0.4, 0.5) is 5.82 Å². The molecule has 0 aliphatic heterocycles. The largest absolute Gasteiger partial charge is 0.382 e. The lowest BCUT2D eigenvalue weighted by molar-refractivity contribution is 0.420. The molecule has 1 aliphatic carbocycles. The predicted molar refractivity (Wildman–Crippen MR) is 68.5 cm³/mol. The van der Waals surface area contributed by atoms with Gasteiger partial charge in [-0.25, -0.2) is 0 Å². The third-order valence-corrected chi connectivity index (χ3v) is 3.44. The molecule has 1 heterocycles. The van der Waals surface area contributed by atoms with Gasteiger partial charge in [-0.05, 0) is 42.5 Å². The van der Waals surface area contributed by atoms with Crippen molar-refractivity contribution in [3.8, 4) is 11.3 Å². The molecule has 0 saturated heterocycles. The molecule has 0 radical (unpaired) electrons. The normalized spacial score (nSPS) is 15.5. The number of nitrogens with zero attached hydrogens (tertiary/aromatic N) is 2. The summed E-state index contributed by atoms with van der Waals surface area (Å²) in [6, 6.07) is 12.3. The molecule has 0 bridgehead atoms. The molecule has 3 rings (SSSR count). The highest BCUT2D eigenvalue weighted by Crippen LogP contribution is 2.37. The summed E-state index contributed by atoms with van der Waals surface area (Å²) < 4.78 is 0. The Labute approximate surface area is 101 Å². The summed E-state index contributed by atoms with van der Waals surface area (Å²) in [5.74, 6) is 1.21. The van der Waals surface area contributed by atoms with Crippen molar-refractivity contribution < 1.29 is 0 Å². The Bertz CT molecular complexity index is 515. The van der Waals surface area contributed by atoms with Crippen LogP contribution in [0.15, 0.2) is 36.4 Å². The van der Waals surface area contributed by atoms with E-state index in [1.165, 1.54) is 24.8 Å². The van der Waals surface area contributed by atoms with Crippen LogP contribution in [0.25, 0.3) is 11.3 Å². The van der Waals surface area contributed by atoms with Gasteiger partial charge in [-0.3, -0.25) is 0 Å². The van der Waals surface area contributed by atoms with Crippen molar-refractivity contribution in [1.82, 2.24) is 10.2 Å². The molecule has 3 nitrogen and oxygen atoms in total. The highest BCUT2D eigenvalue weighted by Gasteiger charge is 2.19. The van der Waals surface area contributed by atoms with Gasteiger partial charge < -0.3 is 5.73 Å². The van der Waals surface area contributed by atoms with Crippen LogP contribution in [0.2, 0.25) is 0 Å². The van der Waals surface area contributed by atoms with E-state index in [1.54, 1.807) is 6.07 Å². The van der Waals surface area contributed by atoms with Gasteiger partial charge in [0.2, 0.25) is 0 Å². The summed E-state index contributed by atoms with van der Waals surface area (Å²) >= 11 is 0. The summed E-state index contributed by atoms with van der Waals surface area (Å²) in [6.07, 6.45) is 3.99. The Kier molecular flexibility index (Phi) is 2.52. The fourth-order valence-corrected chi connectivity index (χ4v) is 2.19. The molecule has 0 spiro atoms. The van der Waals surface area contributed by atoms with E-state index in [4.69, 9.17) is 5.73 Å². The van der Waals surface area contributed by atoms with Crippen molar-refractivity contribution in [2.45, 2.75) is 25.2 Å². The zero-order chi connectivity index (χ0) is 11.7. The van der Waals surface area contributed by atoms with E-state index in [1.807, 2.05) is 6.07 Å². The third-order valence-electron chi connectivity index (χ3n) is 3.44. The first kappa shape index (κ1) is 10.3. The Hall–Kier alpha value is -1.90. The van der Waals surface area contributed by atoms with Crippen LogP contribution in [-0.4, -0.2) is 10.2 Å². The average molecular weight is 225 g/mol. The van der Waals surface area contributed by atoms with Crippen LogP contribution in [0.3, 0.4) is 0 Å². The first-order valence-electron chi connectivity index (χ1n) is 6.02. The van der Waals surface area contributed by atoms with Crippen LogP contribution in [0, 0.1) is 0 Å². The maximum atomic E-state index is 5.54. The molecule has 1 saturated carbocycles. The van der Waals surface area contributed by atoms with Gasteiger partial charge in [-0.2, -0.15) is 0 Å². The molecule has 1 aliphatic rings. The minimum Gasteiger partial charge on any atom is -0.382 e. The first-order valence-corrected chi connectivity index (χ1v) is 6.02. The highest BCUT2D eigenvalue weighted by molar-refractivity contribution is 5.60. The van der Waals surface area contributed by atoms with Gasteiger partial charge in [-0.1, -0.05) is 24.6 Å². The van der Waals surface area contributed by atoms with Crippen molar-refractivity contribution in [3.05, 3.63) is 42.0 Å². The summed E-state index contributed by atoms with van der Waals surface area (Å²) in [6.45, 7) is 0. The quantitative estimate of drug-likeness (QED) is 0.854. The maximum Gasteiger partial charge on any atom is 0.146 e. The van der Waals surface area contributed by atoms with Crippen molar-refractivity contribution in [2.75, 3.05) is 5.73 Å². The lowest BCUT2D eigenvalue weighted by Crippen LogP contribution is -2.08. The highest BCUT2D eigenvalue weighted by atomic mass is 15.1. The smallest absolute Gasteiger partial charge is 0.146 e. The van der Waals surface area contributed by atoms with Gasteiger partial charge in [0.15, 0.2) is 0 Å². The Morgan fingerprint density at radius 3 is 2.59 bits per heavy atom. The molecular formula is C14H15N3. The van der Waals surface area contributed by atoms with Crippen molar-refractivity contribution >= 4 is 5.82 Å². The van der Waals surface area contributed by atoms with Crippen LogP contribution in [0.1, 0.15) is 30.7 Å². The molecule has 0 unspecified atom stereocenters. The van der Waals surface area contributed by atoms with Gasteiger partial charge in [0, 0.05) is 5.56 Å². The van der Waals surface area contributed by atoms with E-state index < -0.39 is 0 Å². The summed E-state index contributed by atoms with van der Waals surface area (Å²) in [5.41, 5.74) is 8.98. The van der Waals surface area contributed by atoms with Crippen LogP contribution in [-0.2, 0) is 0 Å². The molecular weight excluding hydrogens is 210 g/mol. The van der Waals surface area contributed by atoms with E-state index >= 15 is 0 Å². The predicted octanol–water partition coefficient (Wildman–Crippen LogP) is 2.99. The molecule has 1 fully saturated rings. The van der Waals surface area contributed by atoms with Crippen LogP contribution in [0.5, 0.6) is 0 Å². The number of aromatic nitrogens is 2. The Morgan fingerprint density at radius 2 is 1.94 bits per heavy atom. The van der Waals surface area contributed by atoms with E-state index in [-0.39, 0.29) is 0 Å². The second kappa shape index (κ2) is 4.17. The van der Waals surface area contributed by atoms with Gasteiger partial charge in [0.05, 0.1) is 5.69 Å². The zero-order valence-electron chi connectivity index (χ0n) is 9.63. The number of rotatable bonds is 2. The maximum absolute atomic E-state index is 5.54. The summed E-state index contributed by atoms with van der Waals surface area (Å²) in [7, 11) is 0. The molecule has 1 aromatic carbocycles. The van der Waals surface area contributed by atoms with Crippen molar-refractivity contribution in [2.24, 2.45) is 0 Å². The molecule has 86 valence electrons. The van der Waals surface area contributed by atoms with Gasteiger partial charge in [0.25, 0.3) is 0 Å². The van der Waals surface area contributed by atoms with E-state index in [9.17, 15) is 0 Å². The summed E-state index contributed by atoms with van der Waals surface area (Å²) in [4.78, 5) is 0.